The Morgan fingerprint density at radius 1 is 1.00 bits per heavy atom. The Hall–Kier alpha value is -4.14. The molecule has 0 unspecified atom stereocenters. The molecule has 0 bridgehead atoms. The van der Waals surface area contributed by atoms with Crippen LogP contribution in [0.4, 0.5) is 11.4 Å². The largest absolute Gasteiger partial charge is 0.485 e. The Labute approximate surface area is 205 Å². The highest BCUT2D eigenvalue weighted by atomic mass is 16.6. The summed E-state index contributed by atoms with van der Waals surface area (Å²) in [5.74, 6) is -1.17. The Morgan fingerprint density at radius 3 is 2.17 bits per heavy atom. The lowest BCUT2D eigenvalue weighted by Gasteiger charge is -2.17. The predicted molar refractivity (Wildman–Crippen MR) is 135 cm³/mol. The van der Waals surface area contributed by atoms with Gasteiger partial charge in [-0.05, 0) is 36.2 Å². The molecule has 1 amide bonds. The van der Waals surface area contributed by atoms with Crippen molar-refractivity contribution in [3.05, 3.63) is 82.9 Å². The monoisotopic (exact) mass is 484 g/mol. The van der Waals surface area contributed by atoms with Gasteiger partial charge in [-0.2, -0.15) is 0 Å². The minimum absolute atomic E-state index is 0.0149. The van der Waals surface area contributed by atoms with E-state index in [1.54, 1.807) is 0 Å². The maximum Gasteiger partial charge on any atom is 0.338 e. The normalized spacial score (nSPS) is 9.86. The quantitative estimate of drug-likeness (QED) is 0.175. The van der Waals surface area contributed by atoms with Gasteiger partial charge in [0.05, 0.1) is 22.7 Å². The van der Waals surface area contributed by atoms with Crippen LogP contribution in [-0.2, 0) is 4.74 Å². The number of anilines is 1. The van der Waals surface area contributed by atoms with Crippen LogP contribution in [0.15, 0.2) is 61.7 Å². The molecule has 0 atom stereocenters. The fourth-order valence-corrected chi connectivity index (χ4v) is 2.66. The molecule has 0 spiro atoms. The fourth-order valence-electron chi connectivity index (χ4n) is 2.66. The Balaban J connectivity index is 0.00000298. The second kappa shape index (κ2) is 14.9. The average Bonchev–Trinajstić information content (AvgIpc) is 2.85. The first-order chi connectivity index (χ1) is 16.8. The van der Waals surface area contributed by atoms with Crippen molar-refractivity contribution >= 4 is 23.3 Å². The summed E-state index contributed by atoms with van der Waals surface area (Å²) in [5, 5.41) is 14.2. The zero-order valence-electron chi connectivity index (χ0n) is 20.5. The number of esters is 1. The maximum atomic E-state index is 13.0. The highest BCUT2D eigenvalue weighted by molar-refractivity contribution is 6.07. The molecule has 0 aliphatic rings. The average molecular weight is 485 g/mol. The van der Waals surface area contributed by atoms with Crippen LogP contribution in [0.3, 0.4) is 0 Å². The van der Waals surface area contributed by atoms with Crippen LogP contribution in [-0.4, -0.2) is 36.6 Å². The standard InChI is InChI=1S/C24H26N2O7.C2H6/c1-5-13-31-21-19(11-12-20(26(29)30)22(21)33-15-16(3)4)23(27)25-18-9-7-17(8-10-18)24(28)32-14-6-2;1-2/h5-12,16H,1-2,13-15H2,3-4H3,(H,25,27);1-2H3. The number of nitro benzene ring substituents is 1. The molecule has 0 radical (unpaired) electrons. The molecule has 0 fully saturated rings. The Morgan fingerprint density at radius 2 is 1.63 bits per heavy atom. The third-order valence-corrected chi connectivity index (χ3v) is 4.15. The number of benzene rings is 2. The number of hydrogen-bond donors (Lipinski definition) is 1. The summed E-state index contributed by atoms with van der Waals surface area (Å²) in [6, 6.07) is 8.58. The van der Waals surface area contributed by atoms with Crippen molar-refractivity contribution in [1.29, 1.82) is 0 Å². The molecule has 9 heteroatoms. The van der Waals surface area contributed by atoms with Gasteiger partial charge < -0.3 is 19.5 Å². The van der Waals surface area contributed by atoms with Gasteiger partial charge in [0.15, 0.2) is 5.75 Å². The number of rotatable bonds is 12. The van der Waals surface area contributed by atoms with Crippen molar-refractivity contribution < 1.29 is 28.7 Å². The second-order valence-corrected chi connectivity index (χ2v) is 7.27. The van der Waals surface area contributed by atoms with Crippen molar-refractivity contribution in [1.82, 2.24) is 0 Å². The second-order valence-electron chi connectivity index (χ2n) is 7.27. The number of nitrogens with zero attached hydrogens (tertiary/aromatic N) is 1. The molecule has 9 nitrogen and oxygen atoms in total. The van der Waals surface area contributed by atoms with Crippen molar-refractivity contribution in [2.45, 2.75) is 27.7 Å². The lowest BCUT2D eigenvalue weighted by Crippen LogP contribution is -2.16. The summed E-state index contributed by atoms with van der Waals surface area (Å²) in [7, 11) is 0. The van der Waals surface area contributed by atoms with E-state index < -0.39 is 16.8 Å². The number of amides is 1. The molecule has 188 valence electrons. The van der Waals surface area contributed by atoms with Gasteiger partial charge in [0.2, 0.25) is 5.75 Å². The van der Waals surface area contributed by atoms with Crippen LogP contribution >= 0.6 is 0 Å². The SMILES string of the molecule is C=CCOC(=O)c1ccc(NC(=O)c2ccc([N+](=O)[O-])c(OCC(C)C)c2OCC=C)cc1.CC. The summed E-state index contributed by atoms with van der Waals surface area (Å²) in [6.07, 6.45) is 2.92. The molecule has 2 aromatic carbocycles. The number of carbonyl (C=O) groups is 2. The molecule has 0 aromatic heterocycles. The summed E-state index contributed by atoms with van der Waals surface area (Å²) in [6.45, 7) is 15.1. The molecule has 0 saturated heterocycles. The molecule has 35 heavy (non-hydrogen) atoms. The highest BCUT2D eigenvalue weighted by Crippen LogP contribution is 2.40. The fraction of sp³-hybridized carbons (Fsp3) is 0.308. The summed E-state index contributed by atoms with van der Waals surface area (Å²) in [4.78, 5) is 35.8. The molecular weight excluding hydrogens is 452 g/mol. The molecule has 1 N–H and O–H groups in total. The van der Waals surface area contributed by atoms with E-state index in [0.29, 0.717) is 11.3 Å². The van der Waals surface area contributed by atoms with Crippen LogP contribution in [0.1, 0.15) is 48.4 Å². The topological polar surface area (TPSA) is 117 Å². The van der Waals surface area contributed by atoms with Gasteiger partial charge >= 0.3 is 11.7 Å². The van der Waals surface area contributed by atoms with Crippen LogP contribution in [0.25, 0.3) is 0 Å². The number of hydrogen-bond acceptors (Lipinski definition) is 7. The van der Waals surface area contributed by atoms with Crippen LogP contribution < -0.4 is 14.8 Å². The van der Waals surface area contributed by atoms with Gasteiger partial charge in [-0.25, -0.2) is 4.79 Å². The van der Waals surface area contributed by atoms with E-state index >= 15 is 0 Å². The van der Waals surface area contributed by atoms with E-state index in [9.17, 15) is 19.7 Å². The lowest BCUT2D eigenvalue weighted by atomic mass is 10.1. The Kier molecular flexibility index (Phi) is 12.3. The number of nitrogens with one attached hydrogen (secondary N) is 1. The summed E-state index contributed by atoms with van der Waals surface area (Å²) >= 11 is 0. The van der Waals surface area contributed by atoms with Crippen LogP contribution in [0.5, 0.6) is 11.5 Å². The van der Waals surface area contributed by atoms with E-state index in [-0.39, 0.29) is 48.5 Å². The predicted octanol–water partition coefficient (Wildman–Crippen LogP) is 5.82. The first-order valence-corrected chi connectivity index (χ1v) is 11.2. The lowest BCUT2D eigenvalue weighted by molar-refractivity contribution is -0.386. The molecule has 0 saturated carbocycles. The minimum atomic E-state index is -0.595. The van der Waals surface area contributed by atoms with Gasteiger partial charge in [0.1, 0.15) is 13.2 Å². The van der Waals surface area contributed by atoms with E-state index in [1.807, 2.05) is 27.7 Å². The summed E-state index contributed by atoms with van der Waals surface area (Å²) < 4.78 is 16.2. The van der Waals surface area contributed by atoms with Crippen molar-refractivity contribution in [2.75, 3.05) is 25.1 Å². The first kappa shape index (κ1) is 28.9. The van der Waals surface area contributed by atoms with E-state index in [4.69, 9.17) is 14.2 Å². The van der Waals surface area contributed by atoms with Gasteiger partial charge in [-0.1, -0.05) is 53.0 Å². The van der Waals surface area contributed by atoms with Crippen LogP contribution in [0.2, 0.25) is 0 Å². The van der Waals surface area contributed by atoms with E-state index in [1.165, 1.54) is 48.6 Å². The molecule has 0 heterocycles. The smallest absolute Gasteiger partial charge is 0.338 e. The van der Waals surface area contributed by atoms with Crippen LogP contribution in [0, 0.1) is 16.0 Å². The third-order valence-electron chi connectivity index (χ3n) is 4.15. The molecule has 2 rings (SSSR count). The molecule has 2 aromatic rings. The van der Waals surface area contributed by atoms with Crippen molar-refractivity contribution in [3.63, 3.8) is 0 Å². The Bertz CT molecular complexity index is 1030. The third kappa shape index (κ3) is 8.62. The van der Waals surface area contributed by atoms with Gasteiger partial charge in [-0.15, -0.1) is 0 Å². The van der Waals surface area contributed by atoms with Gasteiger partial charge in [-0.3, -0.25) is 14.9 Å². The zero-order valence-corrected chi connectivity index (χ0v) is 20.5. The zero-order chi connectivity index (χ0) is 26.4. The molecular formula is C26H32N2O7. The van der Waals surface area contributed by atoms with Gasteiger partial charge in [0.25, 0.3) is 5.91 Å². The van der Waals surface area contributed by atoms with Gasteiger partial charge in [0, 0.05) is 11.8 Å². The number of ether oxygens (including phenoxy) is 3. The summed E-state index contributed by atoms with van der Waals surface area (Å²) in [5.41, 5.74) is 0.451. The number of nitro groups is 1. The van der Waals surface area contributed by atoms with Crippen molar-refractivity contribution in [2.24, 2.45) is 5.92 Å². The highest BCUT2D eigenvalue weighted by Gasteiger charge is 2.27. The minimum Gasteiger partial charge on any atom is -0.485 e. The van der Waals surface area contributed by atoms with E-state index in [0.717, 1.165) is 0 Å². The molecule has 0 aliphatic carbocycles. The van der Waals surface area contributed by atoms with Crippen molar-refractivity contribution in [3.8, 4) is 11.5 Å². The number of carbonyl (C=O) groups excluding carboxylic acids is 2. The van der Waals surface area contributed by atoms with E-state index in [2.05, 4.69) is 18.5 Å². The maximum absolute atomic E-state index is 13.0. The molecule has 0 aliphatic heterocycles. The first-order valence-electron chi connectivity index (χ1n) is 11.2.